The van der Waals surface area contributed by atoms with Crippen LogP contribution >= 0.6 is 0 Å². The lowest BCUT2D eigenvalue weighted by molar-refractivity contribution is 0.0941. The third-order valence-electron chi connectivity index (χ3n) is 3.96. The maximum absolute atomic E-state index is 12.4. The fourth-order valence-corrected chi connectivity index (χ4v) is 2.77. The third kappa shape index (κ3) is 3.97. The molecule has 0 spiro atoms. The summed E-state index contributed by atoms with van der Waals surface area (Å²) < 4.78 is 3.46. The van der Waals surface area contributed by atoms with E-state index in [0.29, 0.717) is 48.9 Å². The van der Waals surface area contributed by atoms with Crippen LogP contribution in [0.15, 0.2) is 12.4 Å². The third-order valence-corrected chi connectivity index (χ3v) is 3.96. The number of imidazole rings is 1. The van der Waals surface area contributed by atoms with Crippen LogP contribution in [-0.2, 0) is 13.1 Å². The van der Waals surface area contributed by atoms with Gasteiger partial charge in [-0.1, -0.05) is 0 Å². The predicted molar refractivity (Wildman–Crippen MR) is 100 cm³/mol. The highest BCUT2D eigenvalue weighted by Crippen LogP contribution is 2.19. The summed E-state index contributed by atoms with van der Waals surface area (Å²) in [5, 5.41) is 19.1. The number of carbonyl (C=O) groups is 1. The number of nitrogens with one attached hydrogen (secondary N) is 2. The first-order chi connectivity index (χ1) is 13.0. The molecule has 3 aromatic rings. The van der Waals surface area contributed by atoms with E-state index < -0.39 is 0 Å². The van der Waals surface area contributed by atoms with E-state index in [2.05, 4.69) is 30.7 Å². The van der Waals surface area contributed by atoms with E-state index in [1.54, 1.807) is 21.6 Å². The molecule has 11 heteroatoms. The Morgan fingerprint density at radius 3 is 2.89 bits per heavy atom. The summed E-state index contributed by atoms with van der Waals surface area (Å²) in [6.07, 6.45) is 1.62. The summed E-state index contributed by atoms with van der Waals surface area (Å²) in [4.78, 5) is 25.0. The molecule has 0 bridgehead atoms. The van der Waals surface area contributed by atoms with Crippen LogP contribution in [0.2, 0.25) is 0 Å². The van der Waals surface area contributed by atoms with E-state index in [0.717, 1.165) is 5.69 Å². The molecule has 27 heavy (non-hydrogen) atoms. The van der Waals surface area contributed by atoms with Gasteiger partial charge in [-0.3, -0.25) is 9.48 Å². The van der Waals surface area contributed by atoms with Crippen molar-refractivity contribution in [2.75, 3.05) is 30.7 Å². The van der Waals surface area contributed by atoms with E-state index in [-0.39, 0.29) is 18.5 Å². The number of aryl methyl sites for hydroxylation is 2. The highest BCUT2D eigenvalue weighted by molar-refractivity contribution is 5.92. The van der Waals surface area contributed by atoms with Gasteiger partial charge < -0.3 is 26.0 Å². The zero-order chi connectivity index (χ0) is 19.4. The normalized spacial score (nSPS) is 11.1. The molecule has 0 radical (unpaired) electrons. The lowest BCUT2D eigenvalue weighted by Crippen LogP contribution is -2.29. The maximum atomic E-state index is 12.4. The van der Waals surface area contributed by atoms with Crippen LogP contribution in [0.1, 0.15) is 23.1 Å². The molecule has 1 amide bonds. The molecule has 3 heterocycles. The Kier molecular flexibility index (Phi) is 5.50. The number of carbonyl (C=O) groups excluding carboxylic acids is 1. The van der Waals surface area contributed by atoms with Crippen molar-refractivity contribution < 1.29 is 9.90 Å². The van der Waals surface area contributed by atoms with Crippen molar-refractivity contribution >= 4 is 28.8 Å². The van der Waals surface area contributed by atoms with Gasteiger partial charge in [-0.2, -0.15) is 15.1 Å². The molecular weight excluding hydrogens is 350 g/mol. The average Bonchev–Trinajstić information content (AvgIpc) is 3.23. The molecular formula is C16H23N9O2. The second-order valence-electron chi connectivity index (χ2n) is 5.93. The molecule has 0 saturated carbocycles. The Labute approximate surface area is 155 Å². The maximum Gasteiger partial charge on any atom is 0.269 e. The summed E-state index contributed by atoms with van der Waals surface area (Å²) in [7, 11) is 0. The largest absolute Gasteiger partial charge is 0.395 e. The first kappa shape index (κ1) is 18.6. The SMILES string of the molecule is CCn1nc(C)cc1C(=O)NCCn1cnc2c(NCCO)nc(N)nc21. The van der Waals surface area contributed by atoms with Crippen LogP contribution in [0.25, 0.3) is 11.2 Å². The Balaban J connectivity index is 1.70. The number of aliphatic hydroxyl groups excluding tert-OH is 1. The van der Waals surface area contributed by atoms with E-state index in [1.807, 2.05) is 13.8 Å². The number of nitrogens with two attached hydrogens (primary N) is 1. The van der Waals surface area contributed by atoms with Crippen LogP contribution in [0.4, 0.5) is 11.8 Å². The van der Waals surface area contributed by atoms with E-state index in [9.17, 15) is 4.79 Å². The zero-order valence-corrected chi connectivity index (χ0v) is 15.3. The number of hydrogen-bond acceptors (Lipinski definition) is 8. The van der Waals surface area contributed by atoms with Crippen LogP contribution in [-0.4, -0.2) is 60.0 Å². The number of nitrogens with zero attached hydrogens (tertiary/aromatic N) is 6. The molecule has 0 saturated heterocycles. The van der Waals surface area contributed by atoms with Gasteiger partial charge in [-0.15, -0.1) is 0 Å². The highest BCUT2D eigenvalue weighted by atomic mass is 16.3. The lowest BCUT2D eigenvalue weighted by Gasteiger charge is -2.09. The summed E-state index contributed by atoms with van der Waals surface area (Å²) in [5.41, 5.74) is 8.23. The minimum absolute atomic E-state index is 0.0358. The van der Waals surface area contributed by atoms with Crippen molar-refractivity contribution in [2.24, 2.45) is 0 Å². The molecule has 11 nitrogen and oxygen atoms in total. The molecule has 0 atom stereocenters. The van der Waals surface area contributed by atoms with Crippen molar-refractivity contribution in [1.29, 1.82) is 0 Å². The van der Waals surface area contributed by atoms with Crippen LogP contribution in [0.3, 0.4) is 0 Å². The molecule has 3 rings (SSSR count). The molecule has 3 aromatic heterocycles. The number of amides is 1. The molecule has 0 aromatic carbocycles. The zero-order valence-electron chi connectivity index (χ0n) is 15.3. The van der Waals surface area contributed by atoms with Gasteiger partial charge in [0.15, 0.2) is 17.0 Å². The lowest BCUT2D eigenvalue weighted by atomic mass is 10.3. The number of rotatable bonds is 8. The van der Waals surface area contributed by atoms with E-state index in [4.69, 9.17) is 10.8 Å². The molecule has 0 unspecified atom stereocenters. The fraction of sp³-hybridized carbons (Fsp3) is 0.438. The van der Waals surface area contributed by atoms with Crippen LogP contribution in [0, 0.1) is 6.92 Å². The summed E-state index contributed by atoms with van der Waals surface area (Å²) in [5.74, 6) is 0.397. The van der Waals surface area contributed by atoms with Crippen molar-refractivity contribution in [2.45, 2.75) is 26.9 Å². The molecule has 0 fully saturated rings. The number of hydrogen-bond donors (Lipinski definition) is 4. The highest BCUT2D eigenvalue weighted by Gasteiger charge is 2.14. The number of aliphatic hydroxyl groups is 1. The van der Waals surface area contributed by atoms with Crippen LogP contribution in [0.5, 0.6) is 0 Å². The number of fused-ring (bicyclic) bond motifs is 1. The van der Waals surface area contributed by atoms with Crippen molar-refractivity contribution in [1.82, 2.24) is 34.6 Å². The van der Waals surface area contributed by atoms with Gasteiger partial charge in [-0.05, 0) is 19.9 Å². The monoisotopic (exact) mass is 373 g/mol. The first-order valence-corrected chi connectivity index (χ1v) is 8.69. The van der Waals surface area contributed by atoms with E-state index >= 15 is 0 Å². The number of aromatic nitrogens is 6. The van der Waals surface area contributed by atoms with Gasteiger partial charge in [0.2, 0.25) is 5.95 Å². The fourth-order valence-electron chi connectivity index (χ4n) is 2.77. The molecule has 144 valence electrons. The minimum atomic E-state index is -0.179. The predicted octanol–water partition coefficient (Wildman–Crippen LogP) is -0.232. The van der Waals surface area contributed by atoms with Gasteiger partial charge in [0.1, 0.15) is 5.69 Å². The molecule has 0 aliphatic carbocycles. The molecule has 5 N–H and O–H groups in total. The summed E-state index contributed by atoms with van der Waals surface area (Å²) >= 11 is 0. The van der Waals surface area contributed by atoms with Crippen molar-refractivity contribution in [3.05, 3.63) is 23.8 Å². The topological polar surface area (TPSA) is 149 Å². The number of nitrogen functional groups attached to an aromatic ring is 1. The Hall–Kier alpha value is -3.21. The first-order valence-electron chi connectivity index (χ1n) is 8.69. The molecule has 0 aliphatic rings. The minimum Gasteiger partial charge on any atom is -0.395 e. The van der Waals surface area contributed by atoms with Crippen LogP contribution < -0.4 is 16.4 Å². The van der Waals surface area contributed by atoms with Gasteiger partial charge >= 0.3 is 0 Å². The Morgan fingerprint density at radius 1 is 1.33 bits per heavy atom. The Morgan fingerprint density at radius 2 is 2.15 bits per heavy atom. The van der Waals surface area contributed by atoms with Gasteiger partial charge in [0.25, 0.3) is 5.91 Å². The van der Waals surface area contributed by atoms with E-state index in [1.165, 1.54) is 0 Å². The second-order valence-corrected chi connectivity index (χ2v) is 5.93. The standard InChI is InChI=1S/C16H23N9O2/c1-3-25-11(8-10(2)23-25)15(27)19-4-6-24-9-20-12-13(18-5-7-26)21-16(17)22-14(12)24/h8-9,26H,3-7H2,1-2H3,(H,19,27)(H3,17,18,21,22). The van der Waals surface area contributed by atoms with Crippen molar-refractivity contribution in [3.8, 4) is 0 Å². The van der Waals surface area contributed by atoms with Gasteiger partial charge in [0, 0.05) is 26.2 Å². The smallest absolute Gasteiger partial charge is 0.269 e. The quantitative estimate of drug-likeness (QED) is 0.423. The van der Waals surface area contributed by atoms with Gasteiger partial charge in [-0.25, -0.2) is 4.98 Å². The van der Waals surface area contributed by atoms with Gasteiger partial charge in [0.05, 0.1) is 18.6 Å². The number of anilines is 2. The summed E-state index contributed by atoms with van der Waals surface area (Å²) in [6, 6.07) is 1.76. The summed E-state index contributed by atoms with van der Waals surface area (Å²) in [6.45, 7) is 5.58. The average molecular weight is 373 g/mol. The molecule has 0 aliphatic heterocycles. The second kappa shape index (κ2) is 7.99. The Bertz CT molecular complexity index is 947. The van der Waals surface area contributed by atoms with Crippen molar-refractivity contribution in [3.63, 3.8) is 0 Å².